The summed E-state index contributed by atoms with van der Waals surface area (Å²) in [7, 11) is 1.40. The summed E-state index contributed by atoms with van der Waals surface area (Å²) >= 11 is 1.56. The van der Waals surface area contributed by atoms with Gasteiger partial charge >= 0.3 is 5.97 Å². The number of rotatable bonds is 2. The lowest BCUT2D eigenvalue weighted by molar-refractivity contribution is 0.0601. The predicted octanol–water partition coefficient (Wildman–Crippen LogP) is 2.26. The third kappa shape index (κ3) is 1.92. The van der Waals surface area contributed by atoms with Crippen LogP contribution in [0.1, 0.15) is 40.9 Å². The van der Waals surface area contributed by atoms with E-state index in [4.69, 9.17) is 5.73 Å². The van der Waals surface area contributed by atoms with Crippen molar-refractivity contribution in [2.24, 2.45) is 5.73 Å². The number of methoxy groups -OCH3 is 1. The number of thiophene rings is 1. The predicted molar refractivity (Wildman–Crippen MR) is 60.0 cm³/mol. The topological polar surface area (TPSA) is 52.3 Å². The van der Waals surface area contributed by atoms with Crippen molar-refractivity contribution in [3.05, 3.63) is 21.9 Å². The molecule has 1 aromatic heterocycles. The summed E-state index contributed by atoms with van der Waals surface area (Å²) in [6.07, 6.45) is 4.41. The van der Waals surface area contributed by atoms with Crippen molar-refractivity contribution >= 4 is 17.3 Å². The van der Waals surface area contributed by atoms with E-state index in [9.17, 15) is 4.79 Å². The summed E-state index contributed by atoms with van der Waals surface area (Å²) < 4.78 is 4.67. The number of hydrogen-bond donors (Lipinski definition) is 1. The first-order valence-corrected chi connectivity index (χ1v) is 6.00. The molecular weight excluding hydrogens is 210 g/mol. The van der Waals surface area contributed by atoms with Gasteiger partial charge in [0.2, 0.25) is 0 Å². The minimum Gasteiger partial charge on any atom is -0.465 e. The van der Waals surface area contributed by atoms with Crippen LogP contribution in [0.2, 0.25) is 0 Å². The maximum atomic E-state index is 11.3. The highest BCUT2D eigenvalue weighted by atomic mass is 32.1. The van der Waals surface area contributed by atoms with E-state index in [-0.39, 0.29) is 11.5 Å². The van der Waals surface area contributed by atoms with E-state index < -0.39 is 0 Å². The summed E-state index contributed by atoms with van der Waals surface area (Å²) in [5.41, 5.74) is 6.72. The Labute approximate surface area is 93.2 Å². The fraction of sp³-hybridized carbons (Fsp3) is 0.545. The van der Waals surface area contributed by atoms with Crippen molar-refractivity contribution in [1.29, 1.82) is 0 Å². The Morgan fingerprint density at radius 1 is 1.53 bits per heavy atom. The Balaban J connectivity index is 2.23. The molecule has 15 heavy (non-hydrogen) atoms. The van der Waals surface area contributed by atoms with Crippen LogP contribution in [0.3, 0.4) is 0 Å². The van der Waals surface area contributed by atoms with Crippen molar-refractivity contribution < 1.29 is 9.53 Å². The average molecular weight is 225 g/mol. The van der Waals surface area contributed by atoms with Gasteiger partial charge in [0.05, 0.1) is 18.2 Å². The smallest absolute Gasteiger partial charge is 0.338 e. The van der Waals surface area contributed by atoms with Crippen LogP contribution in [0.5, 0.6) is 0 Å². The van der Waals surface area contributed by atoms with E-state index in [0.717, 1.165) is 17.7 Å². The van der Waals surface area contributed by atoms with Crippen LogP contribution in [0.4, 0.5) is 0 Å². The van der Waals surface area contributed by atoms with Crippen LogP contribution in [-0.4, -0.2) is 13.1 Å². The maximum absolute atomic E-state index is 11.3. The van der Waals surface area contributed by atoms with E-state index in [2.05, 4.69) is 4.74 Å². The molecule has 82 valence electrons. The van der Waals surface area contributed by atoms with Crippen molar-refractivity contribution in [3.8, 4) is 0 Å². The molecule has 1 heterocycles. The van der Waals surface area contributed by atoms with Crippen molar-refractivity contribution in [1.82, 2.24) is 0 Å². The lowest BCUT2D eigenvalue weighted by Gasteiger charge is -2.21. The van der Waals surface area contributed by atoms with E-state index >= 15 is 0 Å². The van der Waals surface area contributed by atoms with Gasteiger partial charge in [-0.3, -0.25) is 0 Å². The van der Waals surface area contributed by atoms with Crippen LogP contribution >= 0.6 is 11.3 Å². The first-order chi connectivity index (χ1) is 7.15. The second-order valence-electron chi connectivity index (χ2n) is 4.05. The fourth-order valence-corrected chi connectivity index (χ4v) is 3.13. The Bertz CT molecular complexity index is 366. The Morgan fingerprint density at radius 2 is 2.20 bits per heavy atom. The van der Waals surface area contributed by atoms with Crippen molar-refractivity contribution in [2.45, 2.75) is 31.2 Å². The number of carbonyl (C=O) groups excluding carboxylic acids is 1. The van der Waals surface area contributed by atoms with Crippen molar-refractivity contribution in [3.63, 3.8) is 0 Å². The minimum absolute atomic E-state index is 0.197. The molecule has 3 nitrogen and oxygen atoms in total. The molecule has 4 heteroatoms. The molecule has 1 aromatic rings. The molecule has 1 aliphatic rings. The summed E-state index contributed by atoms with van der Waals surface area (Å²) in [5.74, 6) is -0.279. The zero-order valence-electron chi connectivity index (χ0n) is 8.79. The van der Waals surface area contributed by atoms with Gasteiger partial charge in [0, 0.05) is 10.3 Å². The highest BCUT2D eigenvalue weighted by Crippen LogP contribution is 2.39. The molecule has 0 amide bonds. The Hall–Kier alpha value is -0.870. The monoisotopic (exact) mass is 225 g/mol. The molecule has 2 N–H and O–H groups in total. The van der Waals surface area contributed by atoms with Crippen LogP contribution in [-0.2, 0) is 10.3 Å². The normalized spacial score (nSPS) is 19.1. The second-order valence-corrected chi connectivity index (χ2v) is 4.97. The number of esters is 1. The molecular formula is C11H15NO2S. The van der Waals surface area contributed by atoms with Gasteiger partial charge in [-0.05, 0) is 18.9 Å². The van der Waals surface area contributed by atoms with Gasteiger partial charge in [0.1, 0.15) is 0 Å². The van der Waals surface area contributed by atoms with Crippen LogP contribution in [0, 0.1) is 0 Å². The van der Waals surface area contributed by atoms with Gasteiger partial charge < -0.3 is 10.5 Å². The highest BCUT2D eigenvalue weighted by molar-refractivity contribution is 7.10. The molecule has 0 unspecified atom stereocenters. The summed E-state index contributed by atoms with van der Waals surface area (Å²) in [5, 5.41) is 1.83. The first kappa shape index (κ1) is 10.6. The Kier molecular flexibility index (Phi) is 2.80. The molecule has 0 atom stereocenters. The molecule has 0 saturated heterocycles. The number of ether oxygens (including phenoxy) is 1. The second kappa shape index (κ2) is 3.94. The zero-order valence-corrected chi connectivity index (χ0v) is 9.60. The number of carbonyl (C=O) groups is 1. The van der Waals surface area contributed by atoms with Crippen LogP contribution < -0.4 is 5.73 Å². The van der Waals surface area contributed by atoms with Gasteiger partial charge in [-0.25, -0.2) is 4.79 Å². The standard InChI is InChI=1S/C11H15NO2S/c1-14-10(13)8-6-9(15-7-8)11(12)4-2-3-5-11/h6-7H,2-5,12H2,1H3. The highest BCUT2D eigenvalue weighted by Gasteiger charge is 2.33. The van der Waals surface area contributed by atoms with Gasteiger partial charge in [0.15, 0.2) is 0 Å². The number of nitrogens with two attached hydrogens (primary N) is 1. The maximum Gasteiger partial charge on any atom is 0.338 e. The van der Waals surface area contributed by atoms with Gasteiger partial charge in [-0.1, -0.05) is 12.8 Å². The van der Waals surface area contributed by atoms with Gasteiger partial charge in [-0.15, -0.1) is 11.3 Å². The largest absolute Gasteiger partial charge is 0.465 e. The minimum atomic E-state index is -0.279. The molecule has 0 bridgehead atoms. The third-order valence-corrected chi connectivity index (χ3v) is 4.16. The first-order valence-electron chi connectivity index (χ1n) is 5.12. The fourth-order valence-electron chi connectivity index (χ4n) is 2.07. The molecule has 1 fully saturated rings. The number of hydrogen-bond acceptors (Lipinski definition) is 4. The van der Waals surface area contributed by atoms with Crippen LogP contribution in [0.25, 0.3) is 0 Å². The lowest BCUT2D eigenvalue weighted by Crippen LogP contribution is -2.31. The molecule has 1 aliphatic carbocycles. The van der Waals surface area contributed by atoms with E-state index in [1.807, 2.05) is 11.4 Å². The third-order valence-electron chi connectivity index (χ3n) is 3.01. The molecule has 0 radical (unpaired) electrons. The average Bonchev–Trinajstić information content (AvgIpc) is 2.85. The Morgan fingerprint density at radius 3 is 2.80 bits per heavy atom. The van der Waals surface area contributed by atoms with E-state index in [1.54, 1.807) is 11.3 Å². The van der Waals surface area contributed by atoms with E-state index in [0.29, 0.717) is 5.56 Å². The van der Waals surface area contributed by atoms with E-state index in [1.165, 1.54) is 20.0 Å². The summed E-state index contributed by atoms with van der Waals surface area (Å²) in [4.78, 5) is 12.4. The molecule has 0 spiro atoms. The van der Waals surface area contributed by atoms with Crippen LogP contribution in [0.15, 0.2) is 11.4 Å². The van der Waals surface area contributed by atoms with Crippen molar-refractivity contribution in [2.75, 3.05) is 7.11 Å². The zero-order chi connectivity index (χ0) is 10.9. The SMILES string of the molecule is COC(=O)c1csc(C2(N)CCCC2)c1. The molecule has 0 aliphatic heterocycles. The molecule has 0 aromatic carbocycles. The van der Waals surface area contributed by atoms with Gasteiger partial charge in [-0.2, -0.15) is 0 Å². The van der Waals surface area contributed by atoms with Gasteiger partial charge in [0.25, 0.3) is 0 Å². The molecule has 2 rings (SSSR count). The lowest BCUT2D eigenvalue weighted by atomic mass is 9.97. The molecule has 1 saturated carbocycles. The quantitative estimate of drug-likeness (QED) is 0.785. The summed E-state index contributed by atoms with van der Waals surface area (Å²) in [6, 6.07) is 1.88. The summed E-state index contributed by atoms with van der Waals surface area (Å²) in [6.45, 7) is 0.